The van der Waals surface area contributed by atoms with Crippen LogP contribution in [0.15, 0.2) is 34.1 Å². The number of pyridine rings is 1. The lowest BCUT2D eigenvalue weighted by molar-refractivity contribution is -0.139. The van der Waals surface area contributed by atoms with Gasteiger partial charge in [-0.15, -0.1) is 0 Å². The van der Waals surface area contributed by atoms with Crippen molar-refractivity contribution in [2.24, 2.45) is 0 Å². The van der Waals surface area contributed by atoms with Gasteiger partial charge in [0, 0.05) is 11.6 Å². The Morgan fingerprint density at radius 1 is 1.25 bits per heavy atom. The molecule has 9 heteroatoms. The number of Topliss-reactive ketones (excluding diaryl/α,β-unsaturated/α-hetero) is 1. The summed E-state index contributed by atoms with van der Waals surface area (Å²) in [7, 11) is 0. The molecule has 0 radical (unpaired) electrons. The normalized spacial score (nSPS) is 12.1. The molecule has 0 aliphatic carbocycles. The van der Waals surface area contributed by atoms with E-state index >= 15 is 0 Å². The van der Waals surface area contributed by atoms with Crippen LogP contribution in [0.2, 0.25) is 0 Å². The number of aryl methyl sites for hydroxylation is 1. The van der Waals surface area contributed by atoms with Crippen LogP contribution in [0.5, 0.6) is 11.5 Å². The van der Waals surface area contributed by atoms with Crippen LogP contribution in [0.4, 0.5) is 0 Å². The van der Waals surface area contributed by atoms with E-state index in [1.165, 1.54) is 6.07 Å². The Hall–Kier alpha value is -3.25. The van der Waals surface area contributed by atoms with Gasteiger partial charge < -0.3 is 19.2 Å². The minimum absolute atomic E-state index is 0.150. The predicted molar refractivity (Wildman–Crippen MR) is 100.0 cm³/mol. The van der Waals surface area contributed by atoms with Crippen LogP contribution in [-0.2, 0) is 9.53 Å². The van der Waals surface area contributed by atoms with Gasteiger partial charge in [-0.2, -0.15) is 5.26 Å². The molecule has 0 atom stereocenters. The molecule has 8 nitrogen and oxygen atoms in total. The number of nitrogens with one attached hydrogen (secondary N) is 1. The summed E-state index contributed by atoms with van der Waals surface area (Å²) >= 11 is 0.974. The number of ether oxygens (including phenoxy) is 3. The highest BCUT2D eigenvalue weighted by atomic mass is 32.2. The number of aromatic nitrogens is 1. The molecule has 1 aromatic heterocycles. The Kier molecular flexibility index (Phi) is 6.01. The third-order valence-corrected chi connectivity index (χ3v) is 4.86. The first-order valence-corrected chi connectivity index (χ1v) is 9.32. The molecule has 0 fully saturated rings. The number of aromatic amines is 1. The molecule has 3 rings (SSSR count). The summed E-state index contributed by atoms with van der Waals surface area (Å²) in [6.45, 7) is 2.08. The molecule has 0 spiro atoms. The molecule has 0 amide bonds. The van der Waals surface area contributed by atoms with Crippen molar-refractivity contribution < 1.29 is 23.8 Å². The van der Waals surface area contributed by atoms with Crippen molar-refractivity contribution in [3.8, 4) is 17.6 Å². The van der Waals surface area contributed by atoms with Crippen LogP contribution in [-0.4, -0.2) is 42.3 Å². The van der Waals surface area contributed by atoms with Crippen molar-refractivity contribution in [1.29, 1.82) is 5.26 Å². The fourth-order valence-electron chi connectivity index (χ4n) is 2.52. The number of esters is 1. The van der Waals surface area contributed by atoms with E-state index < -0.39 is 12.6 Å². The van der Waals surface area contributed by atoms with Crippen LogP contribution in [0.1, 0.15) is 21.5 Å². The number of ketones is 1. The minimum atomic E-state index is -0.637. The molecule has 0 saturated heterocycles. The van der Waals surface area contributed by atoms with Gasteiger partial charge in [0.15, 0.2) is 23.9 Å². The number of nitrogens with zero attached hydrogens (tertiary/aromatic N) is 1. The molecule has 144 valence electrons. The number of carbonyl (C=O) groups excluding carboxylic acids is 2. The number of rotatable bonds is 6. The lowest BCUT2D eigenvalue weighted by atomic mass is 10.1. The zero-order chi connectivity index (χ0) is 20.1. The molecule has 0 bridgehead atoms. The molecule has 0 saturated carbocycles. The zero-order valence-corrected chi connectivity index (χ0v) is 15.8. The van der Waals surface area contributed by atoms with E-state index in [9.17, 15) is 19.6 Å². The molecule has 1 aliphatic rings. The molecule has 1 aliphatic heterocycles. The number of benzene rings is 1. The van der Waals surface area contributed by atoms with Gasteiger partial charge in [-0.05, 0) is 30.7 Å². The maximum Gasteiger partial charge on any atom is 0.316 e. The van der Waals surface area contributed by atoms with Crippen molar-refractivity contribution in [2.45, 2.75) is 11.9 Å². The number of nitriles is 1. The SMILES string of the molecule is Cc1cc(=O)[nH]c(SCC(=O)OCC(=O)c2ccc3c(c2)OCCO3)c1C#N. The van der Waals surface area contributed by atoms with Gasteiger partial charge in [-0.1, -0.05) is 11.8 Å². The van der Waals surface area contributed by atoms with Gasteiger partial charge in [-0.3, -0.25) is 14.4 Å². The number of carbonyl (C=O) groups is 2. The smallest absolute Gasteiger partial charge is 0.316 e. The van der Waals surface area contributed by atoms with Crippen LogP contribution in [0, 0.1) is 18.3 Å². The van der Waals surface area contributed by atoms with E-state index in [4.69, 9.17) is 14.2 Å². The second-order valence-corrected chi connectivity index (χ2v) is 6.85. The van der Waals surface area contributed by atoms with Crippen LogP contribution >= 0.6 is 11.8 Å². The molecule has 2 heterocycles. The predicted octanol–water partition coefficient (Wildman–Crippen LogP) is 1.84. The van der Waals surface area contributed by atoms with E-state index in [0.717, 1.165) is 11.8 Å². The first-order chi connectivity index (χ1) is 13.5. The summed E-state index contributed by atoms with van der Waals surface area (Å²) in [4.78, 5) is 38.2. The zero-order valence-electron chi connectivity index (χ0n) is 14.9. The van der Waals surface area contributed by atoms with E-state index in [-0.39, 0.29) is 17.1 Å². The monoisotopic (exact) mass is 400 g/mol. The Balaban J connectivity index is 1.56. The van der Waals surface area contributed by atoms with E-state index in [1.807, 2.05) is 6.07 Å². The largest absolute Gasteiger partial charge is 0.486 e. The highest BCUT2D eigenvalue weighted by Crippen LogP contribution is 2.30. The molecule has 2 aromatic rings. The van der Waals surface area contributed by atoms with Gasteiger partial charge >= 0.3 is 5.97 Å². The third kappa shape index (κ3) is 4.53. The standard InChI is InChI=1S/C19H16N2O6S/c1-11-6-17(23)21-19(13(11)8-20)28-10-18(24)27-9-14(22)12-2-3-15-16(7-12)26-5-4-25-15/h2-3,6-7H,4-5,9-10H2,1H3,(H,21,23). The van der Waals surface area contributed by atoms with Gasteiger partial charge in [0.25, 0.3) is 0 Å². The summed E-state index contributed by atoms with van der Waals surface area (Å²) in [6.07, 6.45) is 0. The van der Waals surface area contributed by atoms with Gasteiger partial charge in [0.1, 0.15) is 19.3 Å². The number of hydrogen-bond acceptors (Lipinski definition) is 8. The number of H-pyrrole nitrogens is 1. The summed E-state index contributed by atoms with van der Waals surface area (Å²) in [5.41, 5.74) is 0.807. The Morgan fingerprint density at radius 3 is 2.75 bits per heavy atom. The molecule has 28 heavy (non-hydrogen) atoms. The number of thioether (sulfide) groups is 1. The Labute approximate surface area is 164 Å². The highest BCUT2D eigenvalue weighted by molar-refractivity contribution is 7.99. The second-order valence-electron chi connectivity index (χ2n) is 5.86. The van der Waals surface area contributed by atoms with Crippen LogP contribution < -0.4 is 15.0 Å². The second kappa shape index (κ2) is 8.63. The third-order valence-electron chi connectivity index (χ3n) is 3.88. The fraction of sp³-hybridized carbons (Fsp3) is 0.263. The Morgan fingerprint density at radius 2 is 2.00 bits per heavy atom. The maximum absolute atomic E-state index is 12.2. The number of fused-ring (bicyclic) bond motifs is 1. The summed E-state index contributed by atoms with van der Waals surface area (Å²) < 4.78 is 15.8. The molecular formula is C19H16N2O6S. The summed E-state index contributed by atoms with van der Waals surface area (Å²) in [6, 6.07) is 8.07. The highest BCUT2D eigenvalue weighted by Gasteiger charge is 2.17. The average Bonchev–Trinajstić information content (AvgIpc) is 2.69. The Bertz CT molecular complexity index is 1020. The van der Waals surface area contributed by atoms with Crippen molar-refractivity contribution >= 4 is 23.5 Å². The summed E-state index contributed by atoms with van der Waals surface area (Å²) in [5, 5.41) is 9.47. The first kappa shape index (κ1) is 19.5. The van der Waals surface area contributed by atoms with Gasteiger partial charge in [-0.25, -0.2) is 0 Å². The lowest BCUT2D eigenvalue weighted by Crippen LogP contribution is -2.18. The molecule has 1 aromatic carbocycles. The fourth-order valence-corrected chi connectivity index (χ4v) is 3.39. The van der Waals surface area contributed by atoms with Crippen molar-refractivity contribution in [3.05, 3.63) is 51.3 Å². The van der Waals surface area contributed by atoms with Crippen molar-refractivity contribution in [2.75, 3.05) is 25.6 Å². The van der Waals surface area contributed by atoms with Crippen molar-refractivity contribution in [1.82, 2.24) is 4.98 Å². The van der Waals surface area contributed by atoms with Gasteiger partial charge in [0.05, 0.1) is 16.3 Å². The molecule has 1 N–H and O–H groups in total. The van der Waals surface area contributed by atoms with Gasteiger partial charge in [0.2, 0.25) is 5.56 Å². The van der Waals surface area contributed by atoms with Crippen molar-refractivity contribution in [3.63, 3.8) is 0 Å². The van der Waals surface area contributed by atoms with E-state index in [0.29, 0.717) is 46.4 Å². The average molecular weight is 400 g/mol. The summed E-state index contributed by atoms with van der Waals surface area (Å²) in [5.74, 6) is -0.120. The van der Waals surface area contributed by atoms with Crippen LogP contribution in [0.3, 0.4) is 0 Å². The number of hydrogen-bond donors (Lipinski definition) is 1. The molecule has 0 unspecified atom stereocenters. The maximum atomic E-state index is 12.2. The first-order valence-electron chi connectivity index (χ1n) is 8.33. The topological polar surface area (TPSA) is 118 Å². The lowest BCUT2D eigenvalue weighted by Gasteiger charge is -2.18. The molecular weight excluding hydrogens is 384 g/mol. The quantitative estimate of drug-likeness (QED) is 0.443. The van der Waals surface area contributed by atoms with Crippen LogP contribution in [0.25, 0.3) is 0 Å². The van der Waals surface area contributed by atoms with E-state index in [2.05, 4.69) is 4.98 Å². The minimum Gasteiger partial charge on any atom is -0.486 e. The van der Waals surface area contributed by atoms with E-state index in [1.54, 1.807) is 25.1 Å².